The third kappa shape index (κ3) is 9.34. The number of nitrogens with one attached hydrogen (secondary N) is 2. The van der Waals surface area contributed by atoms with Gasteiger partial charge in [0.25, 0.3) is 0 Å². The summed E-state index contributed by atoms with van der Waals surface area (Å²) in [5.41, 5.74) is -0.581. The molecular formula is C12H26N2O4S. The summed E-state index contributed by atoms with van der Waals surface area (Å²) in [4.78, 5) is 0. The third-order valence-electron chi connectivity index (χ3n) is 2.77. The molecule has 1 unspecified atom stereocenters. The molecule has 3 N–H and O–H groups in total. The Kier molecular flexibility index (Phi) is 6.19. The van der Waals surface area contributed by atoms with Crippen LogP contribution in [-0.4, -0.2) is 57.7 Å². The summed E-state index contributed by atoms with van der Waals surface area (Å²) < 4.78 is 30.2. The van der Waals surface area contributed by atoms with Crippen LogP contribution in [-0.2, 0) is 14.8 Å². The Labute approximate surface area is 116 Å². The molecule has 0 spiro atoms. The highest BCUT2D eigenvalue weighted by atomic mass is 32.2. The van der Waals surface area contributed by atoms with E-state index in [1.54, 1.807) is 13.8 Å². The van der Waals surface area contributed by atoms with Gasteiger partial charge in [0.2, 0.25) is 10.0 Å². The summed E-state index contributed by atoms with van der Waals surface area (Å²) in [7, 11) is -3.23. The van der Waals surface area contributed by atoms with E-state index in [4.69, 9.17) is 4.74 Å². The predicted octanol–water partition coefficient (Wildman–Crippen LogP) is -0.309. The van der Waals surface area contributed by atoms with E-state index < -0.39 is 21.7 Å². The fourth-order valence-corrected chi connectivity index (χ4v) is 2.88. The summed E-state index contributed by atoms with van der Waals surface area (Å²) in [6.45, 7) is 5.47. The van der Waals surface area contributed by atoms with Gasteiger partial charge in [-0.15, -0.1) is 0 Å². The molecular weight excluding hydrogens is 268 g/mol. The Morgan fingerprint density at radius 1 is 1.42 bits per heavy atom. The fraction of sp³-hybridized carbons (Fsp3) is 1.00. The molecule has 0 radical (unpaired) electrons. The van der Waals surface area contributed by atoms with Gasteiger partial charge in [0.1, 0.15) is 0 Å². The van der Waals surface area contributed by atoms with Crippen molar-refractivity contribution in [2.45, 2.75) is 38.3 Å². The van der Waals surface area contributed by atoms with Gasteiger partial charge < -0.3 is 15.2 Å². The highest BCUT2D eigenvalue weighted by Gasteiger charge is 2.23. The zero-order valence-electron chi connectivity index (χ0n) is 12.0. The molecule has 0 saturated heterocycles. The minimum absolute atomic E-state index is 0.323. The molecule has 0 bridgehead atoms. The van der Waals surface area contributed by atoms with Crippen molar-refractivity contribution in [1.82, 2.24) is 10.0 Å². The van der Waals surface area contributed by atoms with E-state index in [1.165, 1.54) is 12.8 Å². The predicted molar refractivity (Wildman–Crippen MR) is 74.5 cm³/mol. The number of sulfonamides is 1. The second-order valence-corrected chi connectivity index (χ2v) is 7.77. The monoisotopic (exact) mass is 294 g/mol. The van der Waals surface area contributed by atoms with E-state index in [2.05, 4.69) is 10.0 Å². The molecule has 0 amide bonds. The summed E-state index contributed by atoms with van der Waals surface area (Å²) >= 11 is 0. The quantitative estimate of drug-likeness (QED) is 0.514. The molecule has 0 heterocycles. The van der Waals surface area contributed by atoms with Crippen LogP contribution < -0.4 is 10.0 Å². The largest absolute Gasteiger partial charge is 0.389 e. The van der Waals surface area contributed by atoms with Crippen molar-refractivity contribution in [1.29, 1.82) is 0 Å². The molecule has 0 aromatic carbocycles. The molecule has 1 atom stereocenters. The Hall–Kier alpha value is -0.210. The zero-order valence-corrected chi connectivity index (χ0v) is 12.8. The van der Waals surface area contributed by atoms with Gasteiger partial charge >= 0.3 is 0 Å². The SMILES string of the molecule is CC(C)(CNCC(O)COCC1CC1)NS(C)(=O)=O. The van der Waals surface area contributed by atoms with Crippen LogP contribution in [0.2, 0.25) is 0 Å². The molecule has 0 aromatic heterocycles. The minimum Gasteiger partial charge on any atom is -0.389 e. The third-order valence-corrected chi connectivity index (χ3v) is 3.69. The van der Waals surface area contributed by atoms with Crippen molar-refractivity contribution < 1.29 is 18.3 Å². The second kappa shape index (κ2) is 6.99. The summed E-state index contributed by atoms with van der Waals surface area (Å²) in [6.07, 6.45) is 3.04. The first-order valence-electron chi connectivity index (χ1n) is 6.63. The number of hydrogen-bond acceptors (Lipinski definition) is 5. The van der Waals surface area contributed by atoms with Gasteiger partial charge in [0.05, 0.1) is 19.0 Å². The maximum atomic E-state index is 11.1. The first-order chi connectivity index (χ1) is 8.68. The van der Waals surface area contributed by atoms with Crippen molar-refractivity contribution in [3.05, 3.63) is 0 Å². The second-order valence-electron chi connectivity index (χ2n) is 6.02. The van der Waals surface area contributed by atoms with Crippen LogP contribution in [0, 0.1) is 5.92 Å². The highest BCUT2D eigenvalue weighted by molar-refractivity contribution is 7.88. The molecule has 0 aliphatic heterocycles. The van der Waals surface area contributed by atoms with Gasteiger partial charge in [-0.25, -0.2) is 13.1 Å². The van der Waals surface area contributed by atoms with Crippen LogP contribution in [0.3, 0.4) is 0 Å². The highest BCUT2D eigenvalue weighted by Crippen LogP contribution is 2.28. The van der Waals surface area contributed by atoms with Gasteiger partial charge in [-0.05, 0) is 32.6 Å². The fourth-order valence-electron chi connectivity index (χ4n) is 1.80. The molecule has 1 saturated carbocycles. The maximum Gasteiger partial charge on any atom is 0.209 e. The Morgan fingerprint density at radius 2 is 2.05 bits per heavy atom. The lowest BCUT2D eigenvalue weighted by atomic mass is 10.1. The number of ether oxygens (including phenoxy) is 1. The van der Waals surface area contributed by atoms with Crippen LogP contribution in [0.15, 0.2) is 0 Å². The van der Waals surface area contributed by atoms with Crippen LogP contribution in [0.25, 0.3) is 0 Å². The summed E-state index contributed by atoms with van der Waals surface area (Å²) in [6, 6.07) is 0. The van der Waals surface area contributed by atoms with E-state index >= 15 is 0 Å². The van der Waals surface area contributed by atoms with Crippen molar-refractivity contribution in [2.75, 3.05) is 32.6 Å². The van der Waals surface area contributed by atoms with Crippen molar-refractivity contribution in [3.8, 4) is 0 Å². The number of rotatable bonds is 10. The van der Waals surface area contributed by atoms with Gasteiger partial charge in [0, 0.05) is 25.2 Å². The molecule has 0 aromatic rings. The maximum absolute atomic E-state index is 11.1. The molecule has 114 valence electrons. The van der Waals surface area contributed by atoms with Crippen LogP contribution >= 0.6 is 0 Å². The Bertz CT molecular complexity index is 366. The minimum atomic E-state index is -3.23. The lowest BCUT2D eigenvalue weighted by Crippen LogP contribution is -2.51. The topological polar surface area (TPSA) is 87.7 Å². The van der Waals surface area contributed by atoms with Crippen LogP contribution in [0.4, 0.5) is 0 Å². The zero-order chi connectivity index (χ0) is 14.5. The number of aliphatic hydroxyl groups is 1. The lowest BCUT2D eigenvalue weighted by molar-refractivity contribution is 0.0321. The lowest BCUT2D eigenvalue weighted by Gasteiger charge is -2.26. The van der Waals surface area contributed by atoms with Crippen LogP contribution in [0.1, 0.15) is 26.7 Å². The van der Waals surface area contributed by atoms with Crippen molar-refractivity contribution >= 4 is 10.0 Å². The molecule has 7 heteroatoms. The standard InChI is InChI=1S/C12H26N2O4S/c1-12(2,14-19(3,16)17)9-13-6-11(15)8-18-7-10-4-5-10/h10-11,13-15H,4-9H2,1-3H3. The Morgan fingerprint density at radius 3 is 2.58 bits per heavy atom. The summed E-state index contributed by atoms with van der Waals surface area (Å²) in [5.74, 6) is 0.693. The van der Waals surface area contributed by atoms with Crippen LogP contribution in [0.5, 0.6) is 0 Å². The van der Waals surface area contributed by atoms with E-state index in [0.29, 0.717) is 25.6 Å². The average Bonchev–Trinajstić information content (AvgIpc) is 2.97. The molecule has 1 aliphatic rings. The molecule has 6 nitrogen and oxygen atoms in total. The van der Waals surface area contributed by atoms with E-state index in [9.17, 15) is 13.5 Å². The first-order valence-corrected chi connectivity index (χ1v) is 8.52. The van der Waals surface area contributed by atoms with Crippen molar-refractivity contribution in [3.63, 3.8) is 0 Å². The molecule has 1 fully saturated rings. The molecule has 19 heavy (non-hydrogen) atoms. The number of aliphatic hydroxyl groups excluding tert-OH is 1. The summed E-state index contributed by atoms with van der Waals surface area (Å²) in [5, 5.41) is 12.7. The van der Waals surface area contributed by atoms with E-state index in [-0.39, 0.29) is 0 Å². The van der Waals surface area contributed by atoms with E-state index in [0.717, 1.165) is 12.9 Å². The van der Waals surface area contributed by atoms with Gasteiger partial charge in [0.15, 0.2) is 0 Å². The first kappa shape index (κ1) is 16.8. The van der Waals surface area contributed by atoms with Gasteiger partial charge in [-0.2, -0.15) is 0 Å². The van der Waals surface area contributed by atoms with Crippen molar-refractivity contribution in [2.24, 2.45) is 5.92 Å². The molecule has 1 rings (SSSR count). The smallest absolute Gasteiger partial charge is 0.209 e. The van der Waals surface area contributed by atoms with Gasteiger partial charge in [-0.1, -0.05) is 0 Å². The number of hydrogen-bond donors (Lipinski definition) is 3. The molecule has 1 aliphatic carbocycles. The normalized spacial score (nSPS) is 18.5. The average molecular weight is 294 g/mol. The van der Waals surface area contributed by atoms with E-state index in [1.807, 2.05) is 0 Å². The Balaban J connectivity index is 2.09. The van der Waals surface area contributed by atoms with Gasteiger partial charge in [-0.3, -0.25) is 0 Å².